The van der Waals surface area contributed by atoms with E-state index in [-0.39, 0.29) is 5.91 Å². The van der Waals surface area contributed by atoms with Crippen molar-refractivity contribution in [1.29, 1.82) is 0 Å². The van der Waals surface area contributed by atoms with Gasteiger partial charge in [0.2, 0.25) is 5.91 Å². The number of carbonyl (C=O) groups excluding carboxylic acids is 1. The van der Waals surface area contributed by atoms with Crippen LogP contribution in [-0.4, -0.2) is 75.8 Å². The number of hydrogen-bond acceptors (Lipinski definition) is 5. The quantitative estimate of drug-likeness (QED) is 0.544. The van der Waals surface area contributed by atoms with E-state index >= 15 is 0 Å². The van der Waals surface area contributed by atoms with Gasteiger partial charge in [-0.3, -0.25) is 4.79 Å². The van der Waals surface area contributed by atoms with E-state index in [2.05, 4.69) is 27.7 Å². The SMILES string of the molecule is COCCNC(=O)CNN1CCN(C)CC1. The molecule has 94 valence electrons. The summed E-state index contributed by atoms with van der Waals surface area (Å²) in [7, 11) is 3.73. The van der Waals surface area contributed by atoms with Crippen molar-refractivity contribution in [1.82, 2.24) is 20.7 Å². The van der Waals surface area contributed by atoms with Crippen LogP contribution in [0.25, 0.3) is 0 Å². The molecule has 6 heteroatoms. The molecule has 1 saturated heterocycles. The Hall–Kier alpha value is -0.690. The lowest BCUT2D eigenvalue weighted by Gasteiger charge is -2.32. The van der Waals surface area contributed by atoms with Crippen LogP contribution in [0, 0.1) is 0 Å². The lowest BCUT2D eigenvalue weighted by molar-refractivity contribution is -0.121. The van der Waals surface area contributed by atoms with Gasteiger partial charge in [-0.05, 0) is 7.05 Å². The van der Waals surface area contributed by atoms with Crippen molar-refractivity contribution < 1.29 is 9.53 Å². The van der Waals surface area contributed by atoms with Crippen molar-refractivity contribution in [3.63, 3.8) is 0 Å². The van der Waals surface area contributed by atoms with Gasteiger partial charge in [0.05, 0.1) is 13.2 Å². The summed E-state index contributed by atoms with van der Waals surface area (Å²) in [6.45, 7) is 5.47. The number of amides is 1. The first-order valence-corrected chi connectivity index (χ1v) is 5.65. The van der Waals surface area contributed by atoms with E-state index in [1.54, 1.807) is 7.11 Å². The Labute approximate surface area is 96.9 Å². The molecule has 0 aromatic carbocycles. The molecule has 0 aliphatic carbocycles. The molecular weight excluding hydrogens is 208 g/mol. The molecule has 0 spiro atoms. The van der Waals surface area contributed by atoms with Crippen molar-refractivity contribution in [3.8, 4) is 0 Å². The summed E-state index contributed by atoms with van der Waals surface area (Å²) in [5.74, 6) is 0.0102. The Morgan fingerprint density at radius 2 is 2.00 bits per heavy atom. The minimum absolute atomic E-state index is 0.0102. The van der Waals surface area contributed by atoms with Crippen LogP contribution < -0.4 is 10.7 Å². The van der Waals surface area contributed by atoms with Gasteiger partial charge in [-0.2, -0.15) is 0 Å². The number of hydrazine groups is 1. The van der Waals surface area contributed by atoms with Gasteiger partial charge in [0.1, 0.15) is 0 Å². The van der Waals surface area contributed by atoms with Crippen molar-refractivity contribution in [3.05, 3.63) is 0 Å². The van der Waals surface area contributed by atoms with Gasteiger partial charge < -0.3 is 15.0 Å². The highest BCUT2D eigenvalue weighted by Gasteiger charge is 2.13. The van der Waals surface area contributed by atoms with Crippen LogP contribution in [0.1, 0.15) is 0 Å². The number of carbonyl (C=O) groups is 1. The number of hydrogen-bond donors (Lipinski definition) is 2. The van der Waals surface area contributed by atoms with E-state index in [1.165, 1.54) is 0 Å². The number of rotatable bonds is 6. The molecule has 0 radical (unpaired) electrons. The van der Waals surface area contributed by atoms with Crippen molar-refractivity contribution in [2.45, 2.75) is 0 Å². The van der Waals surface area contributed by atoms with Crippen molar-refractivity contribution in [2.75, 3.05) is 60.0 Å². The zero-order valence-electron chi connectivity index (χ0n) is 10.2. The third-order valence-electron chi connectivity index (χ3n) is 2.59. The highest BCUT2D eigenvalue weighted by molar-refractivity contribution is 5.77. The van der Waals surface area contributed by atoms with Crippen LogP contribution in [0.2, 0.25) is 0 Å². The second-order valence-electron chi connectivity index (χ2n) is 3.97. The average molecular weight is 230 g/mol. The van der Waals surface area contributed by atoms with E-state index in [1.807, 2.05) is 0 Å². The van der Waals surface area contributed by atoms with Gasteiger partial charge in [-0.15, -0.1) is 0 Å². The van der Waals surface area contributed by atoms with E-state index in [0.717, 1.165) is 26.2 Å². The van der Waals surface area contributed by atoms with Gasteiger partial charge in [-0.1, -0.05) is 0 Å². The van der Waals surface area contributed by atoms with Crippen LogP contribution >= 0.6 is 0 Å². The van der Waals surface area contributed by atoms with Crippen LogP contribution in [0.15, 0.2) is 0 Å². The molecule has 16 heavy (non-hydrogen) atoms. The molecule has 0 saturated carbocycles. The Morgan fingerprint density at radius 3 is 2.62 bits per heavy atom. The summed E-state index contributed by atoms with van der Waals surface area (Å²) in [5.41, 5.74) is 3.12. The predicted octanol–water partition coefficient (Wildman–Crippen LogP) is -1.50. The van der Waals surface area contributed by atoms with E-state index in [9.17, 15) is 4.79 Å². The summed E-state index contributed by atoms with van der Waals surface area (Å²) in [5, 5.41) is 4.86. The number of ether oxygens (including phenoxy) is 1. The largest absolute Gasteiger partial charge is 0.383 e. The highest BCUT2D eigenvalue weighted by atomic mass is 16.5. The molecule has 0 aromatic heterocycles. The molecule has 1 rings (SSSR count). The van der Waals surface area contributed by atoms with Gasteiger partial charge in [0.15, 0.2) is 0 Å². The minimum atomic E-state index is 0.0102. The fraction of sp³-hybridized carbons (Fsp3) is 0.900. The first kappa shape index (κ1) is 13.4. The number of likely N-dealkylation sites (N-methyl/N-ethyl adjacent to an activating group) is 1. The van der Waals surface area contributed by atoms with E-state index in [0.29, 0.717) is 19.7 Å². The van der Waals surface area contributed by atoms with Crippen LogP contribution in [-0.2, 0) is 9.53 Å². The summed E-state index contributed by atoms with van der Waals surface area (Å²) in [4.78, 5) is 13.6. The number of methoxy groups -OCH3 is 1. The first-order valence-electron chi connectivity index (χ1n) is 5.65. The molecule has 1 aliphatic heterocycles. The standard InChI is InChI=1S/C10H22N4O2/c1-13-4-6-14(7-5-13)12-9-10(15)11-3-8-16-2/h12H,3-9H2,1-2H3,(H,11,15). The van der Waals surface area contributed by atoms with Crippen LogP contribution in [0.3, 0.4) is 0 Å². The fourth-order valence-electron chi connectivity index (χ4n) is 1.50. The Morgan fingerprint density at radius 1 is 1.31 bits per heavy atom. The van der Waals surface area contributed by atoms with Gasteiger partial charge in [-0.25, -0.2) is 10.4 Å². The van der Waals surface area contributed by atoms with Crippen molar-refractivity contribution in [2.24, 2.45) is 0 Å². The number of piperazine rings is 1. The topological polar surface area (TPSA) is 56.8 Å². The molecule has 1 aliphatic rings. The third-order valence-corrected chi connectivity index (χ3v) is 2.59. The fourth-order valence-corrected chi connectivity index (χ4v) is 1.50. The third kappa shape index (κ3) is 5.41. The van der Waals surface area contributed by atoms with Gasteiger partial charge in [0, 0.05) is 39.8 Å². The lowest BCUT2D eigenvalue weighted by atomic mass is 10.4. The predicted molar refractivity (Wildman–Crippen MR) is 62.0 cm³/mol. The van der Waals surface area contributed by atoms with Crippen LogP contribution in [0.4, 0.5) is 0 Å². The second kappa shape index (κ2) is 7.56. The molecule has 0 unspecified atom stereocenters. The van der Waals surface area contributed by atoms with Crippen LogP contribution in [0.5, 0.6) is 0 Å². The first-order chi connectivity index (χ1) is 7.72. The number of nitrogens with one attached hydrogen (secondary N) is 2. The highest BCUT2D eigenvalue weighted by Crippen LogP contribution is 1.94. The van der Waals surface area contributed by atoms with Gasteiger partial charge >= 0.3 is 0 Å². The zero-order valence-corrected chi connectivity index (χ0v) is 10.2. The molecule has 1 fully saturated rings. The minimum Gasteiger partial charge on any atom is -0.383 e. The Balaban J connectivity index is 2.03. The molecule has 1 amide bonds. The van der Waals surface area contributed by atoms with Crippen molar-refractivity contribution >= 4 is 5.91 Å². The molecule has 1 heterocycles. The normalized spacial score (nSPS) is 18.6. The average Bonchev–Trinajstić information content (AvgIpc) is 2.29. The Bertz CT molecular complexity index is 205. The zero-order chi connectivity index (χ0) is 11.8. The maximum Gasteiger partial charge on any atom is 0.235 e. The molecule has 2 N–H and O–H groups in total. The molecular formula is C10H22N4O2. The smallest absolute Gasteiger partial charge is 0.235 e. The van der Waals surface area contributed by atoms with E-state index < -0.39 is 0 Å². The summed E-state index contributed by atoms with van der Waals surface area (Å²) in [6, 6.07) is 0. The second-order valence-corrected chi connectivity index (χ2v) is 3.97. The monoisotopic (exact) mass is 230 g/mol. The molecule has 0 atom stereocenters. The summed E-state index contributed by atoms with van der Waals surface area (Å²) in [6.07, 6.45) is 0. The summed E-state index contributed by atoms with van der Waals surface area (Å²) < 4.78 is 4.85. The van der Waals surface area contributed by atoms with Gasteiger partial charge in [0.25, 0.3) is 0 Å². The Kier molecular flexibility index (Phi) is 6.32. The summed E-state index contributed by atoms with van der Waals surface area (Å²) >= 11 is 0. The molecule has 0 aromatic rings. The maximum absolute atomic E-state index is 11.4. The molecule has 0 bridgehead atoms. The van der Waals surface area contributed by atoms with E-state index in [4.69, 9.17) is 4.74 Å². The lowest BCUT2D eigenvalue weighted by Crippen LogP contribution is -2.53. The molecule has 6 nitrogen and oxygen atoms in total. The number of nitrogens with zero attached hydrogens (tertiary/aromatic N) is 2. The maximum atomic E-state index is 11.4.